The van der Waals surface area contributed by atoms with Crippen LogP contribution in [0.25, 0.3) is 0 Å². The lowest BCUT2D eigenvalue weighted by Crippen LogP contribution is -2.30. The smallest absolute Gasteiger partial charge is 0.0758 e. The van der Waals surface area contributed by atoms with Crippen molar-refractivity contribution in [3.05, 3.63) is 0 Å². The zero-order chi connectivity index (χ0) is 9.73. The van der Waals surface area contributed by atoms with Crippen molar-refractivity contribution in [2.24, 2.45) is 0 Å². The number of unbranched alkanes of at least 4 members (excludes halogenated alkanes) is 2. The summed E-state index contributed by atoms with van der Waals surface area (Å²) in [6.45, 7) is 5.10. The Balaban J connectivity index is 2.04. The Morgan fingerprint density at radius 1 is 1.31 bits per heavy atom. The molecule has 0 aromatic rings. The summed E-state index contributed by atoms with van der Waals surface area (Å²) >= 11 is 0. The van der Waals surface area contributed by atoms with Gasteiger partial charge in [-0.05, 0) is 39.2 Å². The fourth-order valence-electron chi connectivity index (χ4n) is 1.85. The summed E-state index contributed by atoms with van der Waals surface area (Å²) in [5.74, 6) is 0. The van der Waals surface area contributed by atoms with Gasteiger partial charge in [0, 0.05) is 19.7 Å². The quantitative estimate of drug-likeness (QED) is 0.620. The van der Waals surface area contributed by atoms with Crippen molar-refractivity contribution in [1.82, 2.24) is 4.90 Å². The topological polar surface area (TPSA) is 43.7 Å². The van der Waals surface area contributed by atoms with Crippen LogP contribution in [0.3, 0.4) is 0 Å². The van der Waals surface area contributed by atoms with Gasteiger partial charge in [0.25, 0.3) is 0 Å². The summed E-state index contributed by atoms with van der Waals surface area (Å²) in [5, 5.41) is 18.3. The maximum atomic E-state index is 9.69. The van der Waals surface area contributed by atoms with Crippen LogP contribution in [0.5, 0.6) is 0 Å². The monoisotopic (exact) mass is 187 g/mol. The summed E-state index contributed by atoms with van der Waals surface area (Å²) in [6, 6.07) is 0. The fraction of sp³-hybridized carbons (Fsp3) is 1.00. The van der Waals surface area contributed by atoms with Gasteiger partial charge in [-0.15, -0.1) is 0 Å². The summed E-state index contributed by atoms with van der Waals surface area (Å²) in [4.78, 5) is 2.30. The number of rotatable bonds is 5. The second-order valence-corrected chi connectivity index (χ2v) is 4.31. The highest BCUT2D eigenvalue weighted by atomic mass is 16.3. The van der Waals surface area contributed by atoms with Crippen LogP contribution in [-0.4, -0.2) is 47.0 Å². The van der Waals surface area contributed by atoms with E-state index in [9.17, 15) is 5.11 Å². The summed E-state index contributed by atoms with van der Waals surface area (Å²) in [6.07, 6.45) is 4.03. The highest BCUT2D eigenvalue weighted by Gasteiger charge is 2.30. The second kappa shape index (κ2) is 4.94. The molecular formula is C10H21NO2. The third-order valence-corrected chi connectivity index (χ3v) is 2.66. The first-order valence-electron chi connectivity index (χ1n) is 5.20. The van der Waals surface area contributed by atoms with Gasteiger partial charge in [-0.25, -0.2) is 0 Å². The van der Waals surface area contributed by atoms with Gasteiger partial charge in [0.05, 0.1) is 5.60 Å². The van der Waals surface area contributed by atoms with Crippen molar-refractivity contribution < 1.29 is 10.2 Å². The number of hydrogen-bond donors (Lipinski definition) is 2. The van der Waals surface area contributed by atoms with E-state index >= 15 is 0 Å². The van der Waals surface area contributed by atoms with Crippen LogP contribution >= 0.6 is 0 Å². The molecule has 2 N–H and O–H groups in total. The molecule has 1 unspecified atom stereocenters. The first-order chi connectivity index (χ1) is 6.14. The van der Waals surface area contributed by atoms with Crippen molar-refractivity contribution in [3.63, 3.8) is 0 Å². The van der Waals surface area contributed by atoms with Crippen LogP contribution < -0.4 is 0 Å². The molecule has 1 atom stereocenters. The van der Waals surface area contributed by atoms with E-state index in [0.717, 1.165) is 45.3 Å². The number of hydrogen-bond acceptors (Lipinski definition) is 3. The number of β-amino-alcohol motifs (C(OH)–C–C–N with tert-alkyl or cyclic N) is 1. The standard InChI is InChI=1S/C10H21NO2/c1-10(13)5-7-11(9-10)6-3-2-4-8-12/h12-13H,2-9H2,1H3. The average Bonchev–Trinajstić information content (AvgIpc) is 2.40. The molecular weight excluding hydrogens is 166 g/mol. The molecule has 0 bridgehead atoms. The van der Waals surface area contributed by atoms with Crippen molar-refractivity contribution in [2.45, 2.75) is 38.2 Å². The maximum Gasteiger partial charge on any atom is 0.0758 e. The minimum Gasteiger partial charge on any atom is -0.396 e. The van der Waals surface area contributed by atoms with Crippen LogP contribution in [0, 0.1) is 0 Å². The molecule has 13 heavy (non-hydrogen) atoms. The lowest BCUT2D eigenvalue weighted by atomic mass is 10.1. The van der Waals surface area contributed by atoms with Crippen molar-refractivity contribution in [1.29, 1.82) is 0 Å². The summed E-state index contributed by atoms with van der Waals surface area (Å²) in [7, 11) is 0. The molecule has 1 aliphatic rings. The van der Waals surface area contributed by atoms with Gasteiger partial charge in [-0.3, -0.25) is 0 Å². The zero-order valence-corrected chi connectivity index (χ0v) is 8.50. The van der Waals surface area contributed by atoms with Crippen LogP contribution in [0.1, 0.15) is 32.6 Å². The lowest BCUT2D eigenvalue weighted by molar-refractivity contribution is 0.0685. The van der Waals surface area contributed by atoms with Crippen molar-refractivity contribution in [3.8, 4) is 0 Å². The van der Waals surface area contributed by atoms with Gasteiger partial charge in [-0.2, -0.15) is 0 Å². The molecule has 0 aromatic heterocycles. The Bertz CT molecular complexity index is 148. The molecule has 1 saturated heterocycles. The van der Waals surface area contributed by atoms with Gasteiger partial charge in [0.1, 0.15) is 0 Å². The zero-order valence-electron chi connectivity index (χ0n) is 8.50. The molecule has 0 radical (unpaired) electrons. The highest BCUT2D eigenvalue weighted by molar-refractivity contribution is 4.85. The highest BCUT2D eigenvalue weighted by Crippen LogP contribution is 2.20. The molecule has 0 saturated carbocycles. The molecule has 1 rings (SSSR count). The predicted octanol–water partition coefficient (Wildman–Crippen LogP) is 0.606. The summed E-state index contributed by atoms with van der Waals surface area (Å²) in [5.41, 5.74) is -0.461. The van der Waals surface area contributed by atoms with E-state index in [2.05, 4.69) is 4.90 Å². The number of likely N-dealkylation sites (tertiary alicyclic amines) is 1. The molecule has 3 heteroatoms. The third-order valence-electron chi connectivity index (χ3n) is 2.66. The molecule has 78 valence electrons. The molecule has 0 aliphatic carbocycles. The summed E-state index contributed by atoms with van der Waals surface area (Å²) < 4.78 is 0. The molecule has 1 aliphatic heterocycles. The number of nitrogens with zero attached hydrogens (tertiary/aromatic N) is 1. The van der Waals surface area contributed by atoms with Crippen molar-refractivity contribution in [2.75, 3.05) is 26.2 Å². The number of aliphatic hydroxyl groups is 2. The van der Waals surface area contributed by atoms with E-state index in [1.165, 1.54) is 0 Å². The van der Waals surface area contributed by atoms with E-state index in [1.54, 1.807) is 0 Å². The van der Waals surface area contributed by atoms with E-state index in [0.29, 0.717) is 6.61 Å². The van der Waals surface area contributed by atoms with E-state index in [1.807, 2.05) is 6.92 Å². The molecule has 1 fully saturated rings. The minimum absolute atomic E-state index is 0.303. The van der Waals surface area contributed by atoms with Gasteiger partial charge < -0.3 is 15.1 Å². The maximum absolute atomic E-state index is 9.69. The lowest BCUT2D eigenvalue weighted by Gasteiger charge is -2.18. The normalized spacial score (nSPS) is 29.8. The molecule has 0 spiro atoms. The predicted molar refractivity (Wildman–Crippen MR) is 52.6 cm³/mol. The van der Waals surface area contributed by atoms with Crippen LogP contribution in [-0.2, 0) is 0 Å². The van der Waals surface area contributed by atoms with Gasteiger partial charge in [0.15, 0.2) is 0 Å². The SMILES string of the molecule is CC1(O)CCN(CCCCCO)C1. The van der Waals surface area contributed by atoms with Gasteiger partial charge in [0.2, 0.25) is 0 Å². The Labute approximate surface area is 80.4 Å². The molecule has 0 amide bonds. The van der Waals surface area contributed by atoms with Crippen LogP contribution in [0.15, 0.2) is 0 Å². The van der Waals surface area contributed by atoms with E-state index < -0.39 is 5.60 Å². The fourth-order valence-corrected chi connectivity index (χ4v) is 1.85. The average molecular weight is 187 g/mol. The van der Waals surface area contributed by atoms with Crippen molar-refractivity contribution >= 4 is 0 Å². The van der Waals surface area contributed by atoms with Gasteiger partial charge in [-0.1, -0.05) is 0 Å². The Kier molecular flexibility index (Phi) is 4.16. The Morgan fingerprint density at radius 3 is 2.62 bits per heavy atom. The molecule has 0 aromatic carbocycles. The largest absolute Gasteiger partial charge is 0.396 e. The van der Waals surface area contributed by atoms with E-state index in [-0.39, 0.29) is 0 Å². The molecule has 3 nitrogen and oxygen atoms in total. The van der Waals surface area contributed by atoms with Crippen LogP contribution in [0.2, 0.25) is 0 Å². The Morgan fingerprint density at radius 2 is 2.08 bits per heavy atom. The second-order valence-electron chi connectivity index (χ2n) is 4.31. The van der Waals surface area contributed by atoms with E-state index in [4.69, 9.17) is 5.11 Å². The Hall–Kier alpha value is -0.120. The van der Waals surface area contributed by atoms with Crippen LogP contribution in [0.4, 0.5) is 0 Å². The molecule has 1 heterocycles. The first-order valence-corrected chi connectivity index (χ1v) is 5.20. The van der Waals surface area contributed by atoms with Gasteiger partial charge >= 0.3 is 0 Å². The third kappa shape index (κ3) is 4.07. The number of aliphatic hydroxyl groups excluding tert-OH is 1. The minimum atomic E-state index is -0.461. The first kappa shape index (κ1) is 11.0.